The molecule has 1 heterocycles. The topological polar surface area (TPSA) is 78.9 Å². The van der Waals surface area contributed by atoms with Gasteiger partial charge in [0.05, 0.1) is 23.9 Å². The molecule has 0 amide bonds. The molecule has 4 saturated carbocycles. The lowest BCUT2D eigenvalue weighted by atomic mass is 9.50. The van der Waals surface area contributed by atoms with Crippen molar-refractivity contribution in [2.24, 2.45) is 34.5 Å². The second kappa shape index (κ2) is 12.1. The first-order chi connectivity index (χ1) is 15.3. The molecule has 5 aliphatic rings. The Hall–Kier alpha value is -1.59. The van der Waals surface area contributed by atoms with Crippen LogP contribution >= 0.6 is 0 Å². The van der Waals surface area contributed by atoms with Gasteiger partial charge in [-0.15, -0.1) is 0 Å². The number of hydrogen-bond donors (Lipinski definition) is 0. The molecular weight excluding hydrogens is 468 g/mol. The molecule has 1 aliphatic heterocycles. The minimum Gasteiger partial charge on any atom is -0.465 e. The summed E-state index contributed by atoms with van der Waals surface area (Å²) in [6.07, 6.45) is 7.54. The summed E-state index contributed by atoms with van der Waals surface area (Å²) in [6, 6.07) is 0. The Morgan fingerprint density at radius 2 is 1.41 bits per heavy atom. The molecule has 5 rings (SSSR count). The highest BCUT2D eigenvalue weighted by molar-refractivity contribution is 5.81. The molecule has 0 aromatic rings. The minimum absolute atomic E-state index is 0. The highest BCUT2D eigenvalue weighted by atomic mass is 16.6. The molecule has 6 heteroatoms. The Kier molecular flexibility index (Phi) is 11.6. The number of hydrogen-bond acceptors (Lipinski definition) is 6. The summed E-state index contributed by atoms with van der Waals surface area (Å²) in [5.74, 6) is 1.63. The molecule has 0 radical (unpaired) electrons. The minimum atomic E-state index is -0.890. The molecule has 1 saturated heterocycles. The zero-order chi connectivity index (χ0) is 24.2. The number of ether oxygens (including phenoxy) is 3. The van der Waals surface area contributed by atoms with Crippen LogP contribution in [0.1, 0.15) is 129 Å². The second-order valence-corrected chi connectivity index (χ2v) is 12.8. The second-order valence-electron chi connectivity index (χ2n) is 12.8. The largest absolute Gasteiger partial charge is 0.465 e. The molecule has 4 aliphatic carbocycles. The van der Waals surface area contributed by atoms with Crippen molar-refractivity contribution in [2.75, 3.05) is 6.61 Å². The van der Waals surface area contributed by atoms with Gasteiger partial charge in [-0.05, 0) is 103 Å². The van der Waals surface area contributed by atoms with Gasteiger partial charge >= 0.3 is 17.9 Å². The van der Waals surface area contributed by atoms with Gasteiger partial charge in [0, 0.05) is 6.42 Å². The van der Waals surface area contributed by atoms with Crippen molar-refractivity contribution in [2.45, 2.75) is 140 Å². The van der Waals surface area contributed by atoms with Crippen LogP contribution in [0.15, 0.2) is 0 Å². The van der Waals surface area contributed by atoms with Crippen LogP contribution in [0.5, 0.6) is 0 Å². The van der Waals surface area contributed by atoms with Gasteiger partial charge in [0.25, 0.3) is 0 Å². The Labute approximate surface area is 228 Å². The fraction of sp³-hybridized carbons (Fsp3) is 0.903. The summed E-state index contributed by atoms with van der Waals surface area (Å²) < 4.78 is 17.3. The lowest BCUT2D eigenvalue weighted by Gasteiger charge is -2.59. The Bertz CT molecular complexity index is 789. The lowest BCUT2D eigenvalue weighted by molar-refractivity contribution is -0.214. The maximum Gasteiger partial charge on any atom is 0.312 e. The third kappa shape index (κ3) is 6.71. The third-order valence-corrected chi connectivity index (χ3v) is 9.48. The monoisotopic (exact) mass is 526 g/mol. The van der Waals surface area contributed by atoms with E-state index in [1.54, 1.807) is 6.92 Å². The zero-order valence-corrected chi connectivity index (χ0v) is 21.3. The molecule has 0 N–H and O–H groups in total. The van der Waals surface area contributed by atoms with E-state index in [2.05, 4.69) is 6.92 Å². The van der Waals surface area contributed by atoms with Crippen LogP contribution in [0, 0.1) is 34.5 Å². The first kappa shape index (κ1) is 35.4. The summed E-state index contributed by atoms with van der Waals surface area (Å²) in [5, 5.41) is 0. The Morgan fingerprint density at radius 3 is 1.86 bits per heavy atom. The zero-order valence-electron chi connectivity index (χ0n) is 21.3. The molecule has 0 aromatic heterocycles. The fourth-order valence-electron chi connectivity index (χ4n) is 7.27. The molecule has 2 unspecified atom stereocenters. The van der Waals surface area contributed by atoms with E-state index in [1.165, 1.54) is 32.1 Å². The highest BCUT2D eigenvalue weighted by Gasteiger charge is 2.58. The summed E-state index contributed by atoms with van der Waals surface area (Å²) in [7, 11) is 0. The number of carbonyl (C=O) groups is 3. The lowest BCUT2D eigenvalue weighted by Crippen LogP contribution is -2.59. The highest BCUT2D eigenvalue weighted by Crippen LogP contribution is 2.60. The smallest absolute Gasteiger partial charge is 0.312 e. The Morgan fingerprint density at radius 1 is 0.892 bits per heavy atom. The number of rotatable bonds is 7. The van der Waals surface area contributed by atoms with Crippen LogP contribution in [0.2, 0.25) is 0 Å². The molecule has 5 fully saturated rings. The summed E-state index contributed by atoms with van der Waals surface area (Å²) in [4.78, 5) is 38.6. The van der Waals surface area contributed by atoms with Crippen LogP contribution in [-0.2, 0) is 28.6 Å². The van der Waals surface area contributed by atoms with Gasteiger partial charge in [-0.2, -0.15) is 0 Å². The summed E-state index contributed by atoms with van der Waals surface area (Å²) in [5.41, 5.74) is -2.92. The van der Waals surface area contributed by atoms with Gasteiger partial charge in [0.1, 0.15) is 11.2 Å². The van der Waals surface area contributed by atoms with E-state index in [-0.39, 0.29) is 66.2 Å². The van der Waals surface area contributed by atoms with Gasteiger partial charge in [0.2, 0.25) is 0 Å². The molecular formula is C31H58O6. The van der Waals surface area contributed by atoms with E-state index in [0.717, 1.165) is 11.8 Å². The van der Waals surface area contributed by atoms with Gasteiger partial charge in [0.15, 0.2) is 0 Å². The molecule has 218 valence electrons. The van der Waals surface area contributed by atoms with Gasteiger partial charge in [-0.25, -0.2) is 0 Å². The predicted molar refractivity (Wildman–Crippen MR) is 150 cm³/mol. The number of esters is 3. The Balaban J connectivity index is 0.00000324. The van der Waals surface area contributed by atoms with E-state index in [4.69, 9.17) is 14.2 Å². The van der Waals surface area contributed by atoms with Gasteiger partial charge in [-0.3, -0.25) is 14.4 Å². The van der Waals surface area contributed by atoms with Crippen molar-refractivity contribution in [1.29, 1.82) is 0 Å². The van der Waals surface area contributed by atoms with Crippen molar-refractivity contribution < 1.29 is 28.6 Å². The average molecular weight is 527 g/mol. The van der Waals surface area contributed by atoms with Gasteiger partial charge < -0.3 is 14.2 Å². The summed E-state index contributed by atoms with van der Waals surface area (Å²) >= 11 is 0. The molecule has 0 aromatic carbocycles. The maximum atomic E-state index is 13.7. The van der Waals surface area contributed by atoms with Gasteiger partial charge in [-0.1, -0.05) is 36.6 Å². The third-order valence-electron chi connectivity index (χ3n) is 9.48. The van der Waals surface area contributed by atoms with E-state index < -0.39 is 16.4 Å². The molecule has 2 atom stereocenters. The van der Waals surface area contributed by atoms with E-state index >= 15 is 0 Å². The fourth-order valence-corrected chi connectivity index (χ4v) is 7.27. The first-order valence-corrected chi connectivity index (χ1v) is 12.9. The van der Waals surface area contributed by atoms with Crippen molar-refractivity contribution in [3.8, 4) is 0 Å². The standard InChI is InChI=1S/C27H42O6.4CH4/c1-7-25(4,16-24(2,3)22(29)32-26(5)8-9-31-21(28)15-26)23(30)33-27(6)19-11-17-10-18(13-19)14-20(27)12-17;;;;/h17-20H,7-16H2,1-6H3;4*1H4. The van der Waals surface area contributed by atoms with Crippen molar-refractivity contribution in [3.05, 3.63) is 0 Å². The van der Waals surface area contributed by atoms with Crippen molar-refractivity contribution >= 4 is 17.9 Å². The van der Waals surface area contributed by atoms with E-state index in [0.29, 0.717) is 31.1 Å². The van der Waals surface area contributed by atoms with Crippen LogP contribution in [0.4, 0.5) is 0 Å². The van der Waals surface area contributed by atoms with E-state index in [9.17, 15) is 14.4 Å². The van der Waals surface area contributed by atoms with Crippen LogP contribution in [0.3, 0.4) is 0 Å². The van der Waals surface area contributed by atoms with Crippen LogP contribution < -0.4 is 0 Å². The summed E-state index contributed by atoms with van der Waals surface area (Å²) in [6.45, 7) is 11.8. The molecule has 4 bridgehead atoms. The molecule has 37 heavy (non-hydrogen) atoms. The maximum absolute atomic E-state index is 13.7. The molecule has 6 nitrogen and oxygen atoms in total. The van der Waals surface area contributed by atoms with Crippen LogP contribution in [0.25, 0.3) is 0 Å². The SMILES string of the molecule is C.C.C.C.CCC(C)(CC(C)(C)C(=O)OC1(C)CCOC(=O)C1)C(=O)OC1(C)C2CC3CC(C2)CC1C3. The van der Waals surface area contributed by atoms with E-state index in [1.807, 2.05) is 27.7 Å². The average Bonchev–Trinajstić information content (AvgIpc) is 2.70. The van der Waals surface area contributed by atoms with Crippen molar-refractivity contribution in [1.82, 2.24) is 0 Å². The number of cyclic esters (lactones) is 1. The number of carbonyl (C=O) groups excluding carboxylic acids is 3. The predicted octanol–water partition coefficient (Wildman–Crippen LogP) is 7.76. The first-order valence-electron chi connectivity index (χ1n) is 12.9. The quantitative estimate of drug-likeness (QED) is 0.249. The van der Waals surface area contributed by atoms with Crippen LogP contribution in [-0.4, -0.2) is 35.7 Å². The van der Waals surface area contributed by atoms with Crippen molar-refractivity contribution in [3.63, 3.8) is 0 Å². The normalized spacial score (nSPS) is 35.2. The molecule has 0 spiro atoms.